The van der Waals surface area contributed by atoms with E-state index in [-0.39, 0.29) is 28.9 Å². The summed E-state index contributed by atoms with van der Waals surface area (Å²) in [6.45, 7) is 14.5. The number of nitrogens with one attached hydrogen (secondary N) is 1. The van der Waals surface area contributed by atoms with E-state index < -0.39 is 0 Å². The highest BCUT2D eigenvalue weighted by molar-refractivity contribution is 5.81. The molecule has 0 unspecified atom stereocenters. The van der Waals surface area contributed by atoms with Crippen molar-refractivity contribution in [3.63, 3.8) is 0 Å². The third-order valence-electron chi connectivity index (χ3n) is 5.77. The summed E-state index contributed by atoms with van der Waals surface area (Å²) in [5.41, 5.74) is 0.608. The first-order valence-corrected chi connectivity index (χ1v) is 10.2. The maximum absolute atomic E-state index is 12.8. The minimum Gasteiger partial charge on any atom is -0.339 e. The molecule has 1 aromatic rings. The van der Waals surface area contributed by atoms with Crippen LogP contribution in [-0.4, -0.2) is 70.9 Å². The summed E-state index contributed by atoms with van der Waals surface area (Å²) >= 11 is 0. The SMILES string of the molecule is CC(C)(C)C(=O)N1CCN2[C@H](CN(C(=O)NCc3ccccc3)CC2(C)C)C1. The van der Waals surface area contributed by atoms with Gasteiger partial charge in [-0.1, -0.05) is 51.1 Å². The first-order valence-electron chi connectivity index (χ1n) is 10.2. The first kappa shape index (κ1) is 20.6. The fourth-order valence-electron chi connectivity index (χ4n) is 4.38. The third kappa shape index (κ3) is 4.49. The Balaban J connectivity index is 1.66. The van der Waals surface area contributed by atoms with Gasteiger partial charge in [0.1, 0.15) is 0 Å². The predicted octanol–water partition coefficient (Wildman–Crippen LogP) is 2.55. The van der Waals surface area contributed by atoms with Crippen LogP contribution in [0.15, 0.2) is 30.3 Å². The van der Waals surface area contributed by atoms with Gasteiger partial charge in [0.05, 0.1) is 0 Å². The molecule has 0 spiro atoms. The third-order valence-corrected chi connectivity index (χ3v) is 5.77. The molecule has 1 aromatic carbocycles. The van der Waals surface area contributed by atoms with Crippen LogP contribution in [0.3, 0.4) is 0 Å². The van der Waals surface area contributed by atoms with Gasteiger partial charge >= 0.3 is 6.03 Å². The van der Waals surface area contributed by atoms with Gasteiger partial charge in [-0.3, -0.25) is 9.69 Å². The second-order valence-electron chi connectivity index (χ2n) is 9.69. The number of urea groups is 1. The van der Waals surface area contributed by atoms with E-state index in [0.717, 1.165) is 18.7 Å². The summed E-state index contributed by atoms with van der Waals surface area (Å²) in [4.78, 5) is 31.9. The van der Waals surface area contributed by atoms with Crippen molar-refractivity contribution in [3.8, 4) is 0 Å². The van der Waals surface area contributed by atoms with Crippen LogP contribution < -0.4 is 5.32 Å². The quantitative estimate of drug-likeness (QED) is 0.850. The number of benzene rings is 1. The van der Waals surface area contributed by atoms with Crippen LogP contribution in [0.25, 0.3) is 0 Å². The van der Waals surface area contributed by atoms with Gasteiger partial charge in [0.2, 0.25) is 5.91 Å². The van der Waals surface area contributed by atoms with Gasteiger partial charge in [0.15, 0.2) is 0 Å². The topological polar surface area (TPSA) is 55.9 Å². The number of fused-ring (bicyclic) bond motifs is 1. The van der Waals surface area contributed by atoms with Crippen molar-refractivity contribution in [1.82, 2.24) is 20.0 Å². The van der Waals surface area contributed by atoms with E-state index >= 15 is 0 Å². The lowest BCUT2D eigenvalue weighted by Crippen LogP contribution is -2.71. The Bertz CT molecular complexity index is 711. The maximum Gasteiger partial charge on any atom is 0.317 e. The highest BCUT2D eigenvalue weighted by Crippen LogP contribution is 2.29. The lowest BCUT2D eigenvalue weighted by Gasteiger charge is -2.55. The Morgan fingerprint density at radius 3 is 2.36 bits per heavy atom. The van der Waals surface area contributed by atoms with Gasteiger partial charge in [-0.15, -0.1) is 0 Å². The monoisotopic (exact) mass is 386 g/mol. The molecule has 6 nitrogen and oxygen atoms in total. The van der Waals surface area contributed by atoms with Crippen LogP contribution in [-0.2, 0) is 11.3 Å². The number of hydrogen-bond donors (Lipinski definition) is 1. The molecule has 2 aliphatic rings. The molecule has 2 aliphatic heterocycles. The largest absolute Gasteiger partial charge is 0.339 e. The van der Waals surface area contributed by atoms with Crippen LogP contribution in [0.1, 0.15) is 40.2 Å². The van der Waals surface area contributed by atoms with Crippen molar-refractivity contribution in [2.75, 3.05) is 32.7 Å². The summed E-state index contributed by atoms with van der Waals surface area (Å²) in [6.07, 6.45) is 0. The molecular formula is C22H34N4O2. The van der Waals surface area contributed by atoms with Gasteiger partial charge in [0, 0.05) is 56.3 Å². The number of carbonyl (C=O) groups is 2. The smallest absolute Gasteiger partial charge is 0.317 e. The zero-order valence-electron chi connectivity index (χ0n) is 17.9. The van der Waals surface area contributed by atoms with E-state index in [0.29, 0.717) is 26.2 Å². The van der Waals surface area contributed by atoms with E-state index in [1.54, 1.807) is 0 Å². The fourth-order valence-corrected chi connectivity index (χ4v) is 4.38. The molecule has 0 saturated carbocycles. The lowest BCUT2D eigenvalue weighted by atomic mass is 9.90. The van der Waals surface area contributed by atoms with Crippen molar-refractivity contribution in [2.45, 2.75) is 52.7 Å². The van der Waals surface area contributed by atoms with Crippen molar-refractivity contribution >= 4 is 11.9 Å². The predicted molar refractivity (Wildman–Crippen MR) is 111 cm³/mol. The van der Waals surface area contributed by atoms with E-state index in [2.05, 4.69) is 24.1 Å². The van der Waals surface area contributed by atoms with E-state index in [9.17, 15) is 9.59 Å². The van der Waals surface area contributed by atoms with Crippen molar-refractivity contribution < 1.29 is 9.59 Å². The molecule has 28 heavy (non-hydrogen) atoms. The zero-order chi connectivity index (χ0) is 20.5. The fraction of sp³-hybridized carbons (Fsp3) is 0.636. The standard InChI is InChI=1S/C22H34N4O2/c1-21(2,3)19(27)24-11-12-26-18(14-24)15-25(16-22(26,4)5)20(28)23-13-17-9-7-6-8-10-17/h6-10,18H,11-16H2,1-5H3,(H,23,28)/t18-/m0/s1. The number of nitrogens with zero attached hydrogens (tertiary/aromatic N) is 3. The highest BCUT2D eigenvalue weighted by atomic mass is 16.2. The molecule has 2 saturated heterocycles. The summed E-state index contributed by atoms with van der Waals surface area (Å²) in [6, 6.07) is 10.1. The van der Waals surface area contributed by atoms with Gasteiger partial charge in [0.25, 0.3) is 0 Å². The van der Waals surface area contributed by atoms with Crippen LogP contribution >= 0.6 is 0 Å². The molecule has 2 fully saturated rings. The van der Waals surface area contributed by atoms with Gasteiger partial charge < -0.3 is 15.1 Å². The zero-order valence-corrected chi connectivity index (χ0v) is 17.9. The molecule has 0 aliphatic carbocycles. The van der Waals surface area contributed by atoms with Crippen molar-refractivity contribution in [1.29, 1.82) is 0 Å². The number of piperazine rings is 2. The molecule has 3 rings (SSSR count). The maximum atomic E-state index is 12.8. The molecule has 2 heterocycles. The molecule has 0 aromatic heterocycles. The van der Waals surface area contributed by atoms with Crippen LogP contribution in [0.2, 0.25) is 0 Å². The van der Waals surface area contributed by atoms with E-state index in [4.69, 9.17) is 0 Å². The average molecular weight is 387 g/mol. The number of hydrogen-bond acceptors (Lipinski definition) is 3. The summed E-state index contributed by atoms with van der Waals surface area (Å²) < 4.78 is 0. The molecule has 154 valence electrons. The Labute approximate surface area is 168 Å². The van der Waals surface area contributed by atoms with Crippen molar-refractivity contribution in [2.24, 2.45) is 5.41 Å². The molecule has 0 radical (unpaired) electrons. The minimum absolute atomic E-state index is 0.0316. The average Bonchev–Trinajstić information content (AvgIpc) is 2.64. The minimum atomic E-state index is -0.376. The molecule has 1 N–H and O–H groups in total. The summed E-state index contributed by atoms with van der Waals surface area (Å²) in [5, 5.41) is 3.05. The molecule has 3 amide bonds. The Kier molecular flexibility index (Phi) is 5.71. The number of amides is 3. The van der Waals surface area contributed by atoms with E-state index in [1.165, 1.54) is 0 Å². The first-order chi connectivity index (χ1) is 13.1. The second kappa shape index (κ2) is 7.74. The van der Waals surface area contributed by atoms with Crippen LogP contribution in [0, 0.1) is 5.41 Å². The molecule has 1 atom stereocenters. The number of carbonyl (C=O) groups excluding carboxylic acids is 2. The van der Waals surface area contributed by atoms with Crippen LogP contribution in [0.4, 0.5) is 4.79 Å². The number of rotatable bonds is 2. The molecule has 0 bridgehead atoms. The Hall–Kier alpha value is -2.08. The van der Waals surface area contributed by atoms with Crippen LogP contribution in [0.5, 0.6) is 0 Å². The van der Waals surface area contributed by atoms with Gasteiger partial charge in [-0.2, -0.15) is 0 Å². The summed E-state index contributed by atoms with van der Waals surface area (Å²) in [7, 11) is 0. The van der Waals surface area contributed by atoms with E-state index in [1.807, 2.05) is 60.9 Å². The highest BCUT2D eigenvalue weighted by Gasteiger charge is 2.45. The lowest BCUT2D eigenvalue weighted by molar-refractivity contribution is -0.146. The van der Waals surface area contributed by atoms with Gasteiger partial charge in [-0.05, 0) is 19.4 Å². The summed E-state index contributed by atoms with van der Waals surface area (Å²) in [5.74, 6) is 0.190. The van der Waals surface area contributed by atoms with Gasteiger partial charge in [-0.25, -0.2) is 4.79 Å². The molecular weight excluding hydrogens is 352 g/mol. The Morgan fingerprint density at radius 2 is 1.71 bits per heavy atom. The normalized spacial score (nSPS) is 22.5. The van der Waals surface area contributed by atoms with Crippen molar-refractivity contribution in [3.05, 3.63) is 35.9 Å². The molecule has 6 heteroatoms. The Morgan fingerprint density at radius 1 is 1.07 bits per heavy atom. The second-order valence-corrected chi connectivity index (χ2v) is 9.69.